The molecule has 1 aliphatic heterocycles. The summed E-state index contributed by atoms with van der Waals surface area (Å²) in [6.45, 7) is 2.63. The summed E-state index contributed by atoms with van der Waals surface area (Å²) in [6, 6.07) is 8.42. The van der Waals surface area contributed by atoms with E-state index in [1.54, 1.807) is 0 Å². The van der Waals surface area contributed by atoms with E-state index in [0.717, 1.165) is 30.4 Å². The summed E-state index contributed by atoms with van der Waals surface area (Å²) in [5.74, 6) is 0. The highest BCUT2D eigenvalue weighted by atomic mass is 79.9. The highest BCUT2D eigenvalue weighted by Gasteiger charge is 2.19. The van der Waals surface area contributed by atoms with E-state index < -0.39 is 0 Å². The number of halogens is 1. The Hall–Kier alpha value is -0.580. The maximum absolute atomic E-state index is 8.71. The number of benzene rings is 1. The summed E-state index contributed by atoms with van der Waals surface area (Å²) in [4.78, 5) is 2.38. The second kappa shape index (κ2) is 6.38. The molecule has 0 atom stereocenters. The van der Waals surface area contributed by atoms with Crippen LogP contribution in [0.25, 0.3) is 0 Å². The molecule has 4 heteroatoms. The van der Waals surface area contributed by atoms with Crippen molar-refractivity contribution < 1.29 is 9.84 Å². The van der Waals surface area contributed by atoms with Gasteiger partial charge in [-0.05, 0) is 37.1 Å². The molecule has 0 bridgehead atoms. The van der Waals surface area contributed by atoms with Crippen molar-refractivity contribution in [2.45, 2.75) is 18.9 Å². The van der Waals surface area contributed by atoms with Gasteiger partial charge in [-0.3, -0.25) is 0 Å². The lowest BCUT2D eigenvalue weighted by molar-refractivity contribution is 0.0159. The van der Waals surface area contributed by atoms with Gasteiger partial charge in [-0.25, -0.2) is 0 Å². The molecule has 2 rings (SSSR count). The molecule has 0 saturated carbocycles. The fourth-order valence-corrected chi connectivity index (χ4v) is 2.42. The lowest BCUT2D eigenvalue weighted by Crippen LogP contribution is -2.37. The maximum atomic E-state index is 8.71. The summed E-state index contributed by atoms with van der Waals surface area (Å²) >= 11 is 3.45. The van der Waals surface area contributed by atoms with Crippen LogP contribution >= 0.6 is 15.9 Å². The molecule has 0 spiro atoms. The molecular weight excluding hydrogens is 282 g/mol. The summed E-state index contributed by atoms with van der Waals surface area (Å²) < 4.78 is 6.66. The van der Waals surface area contributed by atoms with Crippen LogP contribution in [0.1, 0.15) is 12.8 Å². The molecule has 94 valence electrons. The lowest BCUT2D eigenvalue weighted by Gasteiger charge is -2.33. The van der Waals surface area contributed by atoms with E-state index in [9.17, 15) is 0 Å². The molecule has 1 saturated heterocycles. The molecule has 3 nitrogen and oxygen atoms in total. The fourth-order valence-electron chi connectivity index (χ4n) is 2.15. The smallest absolute Gasteiger partial charge is 0.0701 e. The van der Waals surface area contributed by atoms with Gasteiger partial charge < -0.3 is 14.7 Å². The molecule has 1 aromatic carbocycles. The molecule has 1 aliphatic rings. The van der Waals surface area contributed by atoms with Gasteiger partial charge in [-0.15, -0.1) is 0 Å². The Balaban J connectivity index is 1.84. The fraction of sp³-hybridized carbons (Fsp3) is 0.538. The topological polar surface area (TPSA) is 32.7 Å². The zero-order valence-electron chi connectivity index (χ0n) is 9.81. The number of piperidine rings is 1. The van der Waals surface area contributed by atoms with Crippen molar-refractivity contribution in [1.29, 1.82) is 0 Å². The van der Waals surface area contributed by atoms with E-state index in [1.807, 2.05) is 0 Å². The van der Waals surface area contributed by atoms with Crippen molar-refractivity contribution in [3.63, 3.8) is 0 Å². The first-order chi connectivity index (χ1) is 8.29. The van der Waals surface area contributed by atoms with Crippen LogP contribution in [0.15, 0.2) is 28.7 Å². The first-order valence-electron chi connectivity index (χ1n) is 6.02. The number of rotatable bonds is 4. The van der Waals surface area contributed by atoms with Crippen molar-refractivity contribution in [2.24, 2.45) is 0 Å². The monoisotopic (exact) mass is 299 g/mol. The van der Waals surface area contributed by atoms with Crippen molar-refractivity contribution >= 4 is 21.6 Å². The van der Waals surface area contributed by atoms with Crippen LogP contribution in [0, 0.1) is 0 Å². The van der Waals surface area contributed by atoms with Crippen LogP contribution in [0.4, 0.5) is 5.69 Å². The quantitative estimate of drug-likeness (QED) is 0.927. The first-order valence-corrected chi connectivity index (χ1v) is 6.82. The molecule has 1 heterocycles. The highest BCUT2D eigenvalue weighted by Crippen LogP contribution is 2.23. The summed E-state index contributed by atoms with van der Waals surface area (Å²) in [5.41, 5.74) is 1.27. The summed E-state index contributed by atoms with van der Waals surface area (Å²) in [7, 11) is 0. The van der Waals surface area contributed by atoms with E-state index in [0.29, 0.717) is 12.7 Å². The van der Waals surface area contributed by atoms with Gasteiger partial charge in [-0.1, -0.05) is 15.9 Å². The zero-order valence-corrected chi connectivity index (χ0v) is 11.4. The Morgan fingerprint density at radius 2 is 1.88 bits per heavy atom. The van der Waals surface area contributed by atoms with Gasteiger partial charge in [-0.2, -0.15) is 0 Å². The van der Waals surface area contributed by atoms with Crippen molar-refractivity contribution in [3.05, 3.63) is 28.7 Å². The van der Waals surface area contributed by atoms with Crippen molar-refractivity contribution in [2.75, 3.05) is 31.2 Å². The van der Waals surface area contributed by atoms with E-state index in [2.05, 4.69) is 45.1 Å². The Labute approximate surface area is 111 Å². The predicted octanol–water partition coefficient (Wildman–Crippen LogP) is 2.43. The number of aliphatic hydroxyl groups is 1. The number of hydrogen-bond donors (Lipinski definition) is 1. The molecule has 0 amide bonds. The molecular formula is C13H18BrNO2. The second-order valence-electron chi connectivity index (χ2n) is 4.26. The van der Waals surface area contributed by atoms with E-state index >= 15 is 0 Å². The Morgan fingerprint density at radius 3 is 2.47 bits per heavy atom. The molecule has 0 unspecified atom stereocenters. The number of aliphatic hydroxyl groups excluding tert-OH is 1. The number of ether oxygens (including phenoxy) is 1. The Kier molecular flexibility index (Phi) is 4.83. The number of anilines is 1. The third kappa shape index (κ3) is 3.69. The molecule has 1 aromatic rings. The predicted molar refractivity (Wildman–Crippen MR) is 72.4 cm³/mol. The average molecular weight is 300 g/mol. The largest absolute Gasteiger partial charge is 0.394 e. The van der Waals surface area contributed by atoms with Crippen LogP contribution in [0.3, 0.4) is 0 Å². The van der Waals surface area contributed by atoms with Crippen LogP contribution in [0.2, 0.25) is 0 Å². The van der Waals surface area contributed by atoms with Crippen molar-refractivity contribution in [1.82, 2.24) is 0 Å². The van der Waals surface area contributed by atoms with Gasteiger partial charge in [0.1, 0.15) is 0 Å². The van der Waals surface area contributed by atoms with Gasteiger partial charge >= 0.3 is 0 Å². The zero-order chi connectivity index (χ0) is 12.1. The first kappa shape index (κ1) is 12.9. The minimum Gasteiger partial charge on any atom is -0.394 e. The second-order valence-corrected chi connectivity index (χ2v) is 5.17. The minimum absolute atomic E-state index is 0.118. The normalized spacial score (nSPS) is 17.4. The standard InChI is InChI=1S/C13H18BrNO2/c14-11-1-3-12(4-2-11)15-7-5-13(6-8-15)17-10-9-16/h1-4,13,16H,5-10H2. The Morgan fingerprint density at radius 1 is 1.24 bits per heavy atom. The highest BCUT2D eigenvalue weighted by molar-refractivity contribution is 9.10. The van der Waals surface area contributed by atoms with E-state index in [4.69, 9.17) is 9.84 Å². The van der Waals surface area contributed by atoms with Gasteiger partial charge in [0.05, 0.1) is 19.3 Å². The van der Waals surface area contributed by atoms with Crippen molar-refractivity contribution in [3.8, 4) is 0 Å². The average Bonchev–Trinajstić information content (AvgIpc) is 2.38. The molecule has 0 aliphatic carbocycles. The van der Waals surface area contributed by atoms with Crippen LogP contribution in [0.5, 0.6) is 0 Å². The Bertz CT molecular complexity index is 334. The van der Waals surface area contributed by atoms with Crippen LogP contribution < -0.4 is 4.90 Å². The number of hydrogen-bond acceptors (Lipinski definition) is 3. The van der Waals surface area contributed by atoms with E-state index in [1.165, 1.54) is 5.69 Å². The SMILES string of the molecule is OCCOC1CCN(c2ccc(Br)cc2)CC1. The van der Waals surface area contributed by atoms with Crippen LogP contribution in [-0.2, 0) is 4.74 Å². The lowest BCUT2D eigenvalue weighted by atomic mass is 10.1. The molecule has 17 heavy (non-hydrogen) atoms. The van der Waals surface area contributed by atoms with E-state index in [-0.39, 0.29) is 6.61 Å². The van der Waals surface area contributed by atoms with Gasteiger partial charge in [0.15, 0.2) is 0 Å². The summed E-state index contributed by atoms with van der Waals surface area (Å²) in [5, 5.41) is 8.71. The van der Waals surface area contributed by atoms with Gasteiger partial charge in [0.25, 0.3) is 0 Å². The summed E-state index contributed by atoms with van der Waals surface area (Å²) in [6.07, 6.45) is 2.39. The molecule has 0 radical (unpaired) electrons. The molecule has 1 fully saturated rings. The van der Waals surface area contributed by atoms with Gasteiger partial charge in [0.2, 0.25) is 0 Å². The van der Waals surface area contributed by atoms with Gasteiger partial charge in [0, 0.05) is 23.2 Å². The molecule has 1 N–H and O–H groups in total. The number of nitrogens with zero attached hydrogens (tertiary/aromatic N) is 1. The minimum atomic E-state index is 0.118. The molecule has 0 aromatic heterocycles. The maximum Gasteiger partial charge on any atom is 0.0701 e. The third-order valence-corrected chi connectivity index (χ3v) is 3.61. The third-order valence-electron chi connectivity index (χ3n) is 3.08. The van der Waals surface area contributed by atoms with Crippen LogP contribution in [-0.4, -0.2) is 37.5 Å².